The van der Waals surface area contributed by atoms with Crippen molar-refractivity contribution in [2.24, 2.45) is 7.05 Å². The molecule has 9 nitrogen and oxygen atoms in total. The lowest BCUT2D eigenvalue weighted by atomic mass is 10.1. The van der Waals surface area contributed by atoms with E-state index in [4.69, 9.17) is 21.1 Å². The standard InChI is InChI=1S/C25H26ClN5O4/c1-30-10-7-22(29-30)28-23(32)16-11-19(34-18-5-2-3-6-18)14-20(12-16)35-24-21(26)13-17(15-27-24)25(33)31-8-4-9-31/h7,10-15,18H,2-6,8-9H2,1H3,(H,28,29,32). The summed E-state index contributed by atoms with van der Waals surface area (Å²) in [4.78, 5) is 31.4. The number of amides is 2. The van der Waals surface area contributed by atoms with Gasteiger partial charge in [0.1, 0.15) is 16.5 Å². The van der Waals surface area contributed by atoms with Gasteiger partial charge in [-0.1, -0.05) is 11.6 Å². The minimum Gasteiger partial charge on any atom is -0.490 e. The first kappa shape index (κ1) is 23.2. The number of nitrogens with one attached hydrogen (secondary N) is 1. The molecule has 0 spiro atoms. The summed E-state index contributed by atoms with van der Waals surface area (Å²) in [5, 5.41) is 7.18. The predicted molar refractivity (Wildman–Crippen MR) is 130 cm³/mol. The second kappa shape index (κ2) is 9.95. The van der Waals surface area contributed by atoms with Crippen LogP contribution in [-0.4, -0.2) is 50.7 Å². The van der Waals surface area contributed by atoms with E-state index in [0.717, 1.165) is 45.2 Å². The highest BCUT2D eigenvalue weighted by Crippen LogP contribution is 2.33. The lowest BCUT2D eigenvalue weighted by Crippen LogP contribution is -2.42. The van der Waals surface area contributed by atoms with Crippen molar-refractivity contribution in [3.8, 4) is 17.4 Å². The van der Waals surface area contributed by atoms with Crippen molar-refractivity contribution in [3.63, 3.8) is 0 Å². The topological polar surface area (TPSA) is 98.6 Å². The number of aromatic nitrogens is 3. The number of halogens is 1. The van der Waals surface area contributed by atoms with E-state index in [-0.39, 0.29) is 28.8 Å². The van der Waals surface area contributed by atoms with E-state index < -0.39 is 0 Å². The van der Waals surface area contributed by atoms with E-state index in [2.05, 4.69) is 15.4 Å². The van der Waals surface area contributed by atoms with Gasteiger partial charge >= 0.3 is 0 Å². The first-order chi connectivity index (χ1) is 16.9. The molecule has 3 heterocycles. The first-order valence-electron chi connectivity index (χ1n) is 11.7. The largest absolute Gasteiger partial charge is 0.490 e. The van der Waals surface area contributed by atoms with Crippen molar-refractivity contribution < 1.29 is 19.1 Å². The maximum atomic E-state index is 12.9. The Morgan fingerprint density at radius 2 is 1.83 bits per heavy atom. The molecule has 3 aromatic rings. The van der Waals surface area contributed by atoms with Crippen LogP contribution >= 0.6 is 11.6 Å². The van der Waals surface area contributed by atoms with Crippen LogP contribution in [0.3, 0.4) is 0 Å². The SMILES string of the molecule is Cn1ccc(NC(=O)c2cc(Oc3ncc(C(=O)N4CCC4)cc3Cl)cc(OC3CCCC3)c2)n1. The van der Waals surface area contributed by atoms with Crippen molar-refractivity contribution in [2.75, 3.05) is 18.4 Å². The summed E-state index contributed by atoms with van der Waals surface area (Å²) >= 11 is 6.40. The van der Waals surface area contributed by atoms with Gasteiger partial charge in [-0.2, -0.15) is 5.10 Å². The molecule has 2 aromatic heterocycles. The van der Waals surface area contributed by atoms with Gasteiger partial charge in [0.15, 0.2) is 5.82 Å². The summed E-state index contributed by atoms with van der Waals surface area (Å²) in [6.07, 6.45) is 8.49. The van der Waals surface area contributed by atoms with Crippen molar-refractivity contribution in [1.82, 2.24) is 19.7 Å². The molecule has 2 amide bonds. The van der Waals surface area contributed by atoms with Crippen LogP contribution in [0.2, 0.25) is 5.02 Å². The average Bonchev–Trinajstić information content (AvgIpc) is 3.45. The summed E-state index contributed by atoms with van der Waals surface area (Å²) in [5.74, 6) is 1.01. The van der Waals surface area contributed by atoms with Crippen molar-refractivity contribution >= 4 is 29.2 Å². The van der Waals surface area contributed by atoms with Crippen LogP contribution in [0, 0.1) is 0 Å². The predicted octanol–water partition coefficient (Wildman–Crippen LogP) is 4.68. The van der Waals surface area contributed by atoms with Crippen molar-refractivity contribution in [2.45, 2.75) is 38.2 Å². The number of anilines is 1. The minimum atomic E-state index is -0.347. The summed E-state index contributed by atoms with van der Waals surface area (Å²) in [7, 11) is 1.77. The Bertz CT molecular complexity index is 1250. The molecule has 0 bridgehead atoms. The first-order valence-corrected chi connectivity index (χ1v) is 12.1. The Morgan fingerprint density at radius 3 is 2.49 bits per heavy atom. The third-order valence-electron chi connectivity index (χ3n) is 6.11. The maximum absolute atomic E-state index is 12.9. The van der Waals surface area contributed by atoms with Gasteiger partial charge in [-0.05, 0) is 50.3 Å². The minimum absolute atomic E-state index is 0.0994. The molecule has 35 heavy (non-hydrogen) atoms. The molecular weight excluding hydrogens is 470 g/mol. The van der Waals surface area contributed by atoms with E-state index in [9.17, 15) is 9.59 Å². The number of carbonyl (C=O) groups is 2. The fraction of sp³-hybridized carbons (Fsp3) is 0.360. The third-order valence-corrected chi connectivity index (χ3v) is 6.39. The zero-order chi connectivity index (χ0) is 24.4. The molecule has 0 unspecified atom stereocenters. The summed E-state index contributed by atoms with van der Waals surface area (Å²) in [6, 6.07) is 8.26. The number of pyridine rings is 1. The summed E-state index contributed by atoms with van der Waals surface area (Å²) in [6.45, 7) is 1.48. The number of likely N-dealkylation sites (tertiary alicyclic amines) is 1. The van der Waals surface area contributed by atoms with Crippen LogP contribution < -0.4 is 14.8 Å². The number of aryl methyl sites for hydroxylation is 1. The zero-order valence-corrected chi connectivity index (χ0v) is 20.1. The van der Waals surface area contributed by atoms with Gasteiger partial charge in [0.25, 0.3) is 11.8 Å². The number of rotatable bonds is 7. The van der Waals surface area contributed by atoms with Crippen LogP contribution in [-0.2, 0) is 7.05 Å². The van der Waals surface area contributed by atoms with Gasteiger partial charge in [0.05, 0.1) is 11.7 Å². The zero-order valence-electron chi connectivity index (χ0n) is 19.4. The highest BCUT2D eigenvalue weighted by atomic mass is 35.5. The highest BCUT2D eigenvalue weighted by Gasteiger charge is 2.23. The van der Waals surface area contributed by atoms with Crippen LogP contribution in [0.25, 0.3) is 0 Å². The van der Waals surface area contributed by atoms with Gasteiger partial charge in [0, 0.05) is 50.2 Å². The van der Waals surface area contributed by atoms with E-state index in [1.54, 1.807) is 53.2 Å². The van der Waals surface area contributed by atoms with Gasteiger partial charge in [-0.15, -0.1) is 0 Å². The summed E-state index contributed by atoms with van der Waals surface area (Å²) < 4.78 is 13.7. The fourth-order valence-electron chi connectivity index (χ4n) is 4.13. The van der Waals surface area contributed by atoms with E-state index in [1.165, 1.54) is 6.20 Å². The molecule has 1 saturated heterocycles. The van der Waals surface area contributed by atoms with Crippen LogP contribution in [0.4, 0.5) is 5.82 Å². The third kappa shape index (κ3) is 5.40. The lowest BCUT2D eigenvalue weighted by Gasteiger charge is -2.30. The van der Waals surface area contributed by atoms with E-state index in [0.29, 0.717) is 28.4 Å². The number of ether oxygens (including phenoxy) is 2. The Hall–Kier alpha value is -3.59. The molecule has 1 N–H and O–H groups in total. The quantitative estimate of drug-likeness (QED) is 0.511. The van der Waals surface area contributed by atoms with Gasteiger partial charge in [0.2, 0.25) is 5.88 Å². The van der Waals surface area contributed by atoms with Crippen LogP contribution in [0.1, 0.15) is 52.8 Å². The number of carbonyl (C=O) groups excluding carboxylic acids is 2. The monoisotopic (exact) mass is 495 g/mol. The number of hydrogen-bond donors (Lipinski definition) is 1. The second-order valence-electron chi connectivity index (χ2n) is 8.80. The number of benzene rings is 1. The molecule has 182 valence electrons. The fourth-order valence-corrected chi connectivity index (χ4v) is 4.33. The molecule has 0 atom stereocenters. The van der Waals surface area contributed by atoms with Gasteiger partial charge < -0.3 is 19.7 Å². The molecule has 0 radical (unpaired) electrons. The lowest BCUT2D eigenvalue weighted by molar-refractivity contribution is 0.0651. The Labute approximate surface area is 208 Å². The smallest absolute Gasteiger partial charge is 0.257 e. The molecule has 1 aliphatic carbocycles. The van der Waals surface area contributed by atoms with Crippen LogP contribution in [0.15, 0.2) is 42.7 Å². The Morgan fingerprint density at radius 1 is 1.06 bits per heavy atom. The molecule has 2 fully saturated rings. The van der Waals surface area contributed by atoms with E-state index in [1.807, 2.05) is 0 Å². The normalized spacial score (nSPS) is 15.5. The molecule has 10 heteroatoms. The maximum Gasteiger partial charge on any atom is 0.257 e. The summed E-state index contributed by atoms with van der Waals surface area (Å²) in [5.41, 5.74) is 0.762. The molecule has 5 rings (SSSR count). The molecular formula is C25H26ClN5O4. The van der Waals surface area contributed by atoms with Crippen molar-refractivity contribution in [3.05, 3.63) is 58.9 Å². The van der Waals surface area contributed by atoms with Crippen molar-refractivity contribution in [1.29, 1.82) is 0 Å². The molecule has 2 aliphatic rings. The number of nitrogens with zero attached hydrogens (tertiary/aromatic N) is 4. The van der Waals surface area contributed by atoms with Gasteiger partial charge in [-0.3, -0.25) is 14.3 Å². The van der Waals surface area contributed by atoms with Gasteiger partial charge in [-0.25, -0.2) is 4.98 Å². The Balaban J connectivity index is 1.39. The average molecular weight is 496 g/mol. The van der Waals surface area contributed by atoms with Crippen LogP contribution in [0.5, 0.6) is 17.4 Å². The van der Waals surface area contributed by atoms with E-state index >= 15 is 0 Å². The number of hydrogen-bond acceptors (Lipinski definition) is 6. The Kier molecular flexibility index (Phi) is 6.59. The molecule has 1 aliphatic heterocycles. The highest BCUT2D eigenvalue weighted by molar-refractivity contribution is 6.32. The second-order valence-corrected chi connectivity index (χ2v) is 9.21. The molecule has 1 saturated carbocycles. The molecule has 1 aromatic carbocycles.